The molecule has 27 heavy (non-hydrogen) atoms. The van der Waals surface area contributed by atoms with Crippen LogP contribution in [0.3, 0.4) is 0 Å². The van der Waals surface area contributed by atoms with Crippen LogP contribution in [-0.4, -0.2) is 26.5 Å². The van der Waals surface area contributed by atoms with Gasteiger partial charge in [0, 0.05) is 25.2 Å². The maximum atomic E-state index is 14.1. The summed E-state index contributed by atoms with van der Waals surface area (Å²) in [6.45, 7) is 2.56. The molecule has 0 atom stereocenters. The van der Waals surface area contributed by atoms with Crippen molar-refractivity contribution in [3.8, 4) is 0 Å². The zero-order valence-corrected chi connectivity index (χ0v) is 14.9. The van der Waals surface area contributed by atoms with Crippen molar-refractivity contribution in [2.45, 2.75) is 33.0 Å². The predicted molar refractivity (Wildman–Crippen MR) is 97.4 cm³/mol. The maximum Gasteiger partial charge on any atom is 0.329 e. The molecule has 5 nitrogen and oxygen atoms in total. The number of hydrogen-bond acceptors (Lipinski definition) is 2. The van der Waals surface area contributed by atoms with E-state index < -0.39 is 11.6 Å². The zero-order valence-electron chi connectivity index (χ0n) is 14.9. The van der Waals surface area contributed by atoms with Gasteiger partial charge in [0.15, 0.2) is 0 Å². The summed E-state index contributed by atoms with van der Waals surface area (Å²) < 4.78 is 31.0. The van der Waals surface area contributed by atoms with Gasteiger partial charge in [-0.25, -0.2) is 13.6 Å². The third kappa shape index (κ3) is 2.83. The Labute approximate surface area is 154 Å². The lowest BCUT2D eigenvalue weighted by atomic mass is 9.98. The Balaban J connectivity index is 1.64. The molecule has 0 fully saturated rings. The number of halogens is 2. The van der Waals surface area contributed by atoms with Crippen molar-refractivity contribution in [1.29, 1.82) is 0 Å². The van der Waals surface area contributed by atoms with Gasteiger partial charge in [0.2, 0.25) is 5.91 Å². The van der Waals surface area contributed by atoms with Crippen molar-refractivity contribution in [1.82, 2.24) is 14.0 Å². The highest BCUT2D eigenvalue weighted by atomic mass is 19.1. The number of carbonyl (C=O) groups is 1. The largest absolute Gasteiger partial charge is 0.336 e. The van der Waals surface area contributed by atoms with E-state index >= 15 is 0 Å². The lowest BCUT2D eigenvalue weighted by molar-refractivity contribution is -0.132. The fraction of sp³-hybridized carbons (Fsp3) is 0.300. The lowest BCUT2D eigenvalue weighted by Gasteiger charge is -2.29. The standard InChI is InChI=1S/C20H19F2N3O2/c1-2-24-17-5-3-4-6-18(17)25(20(24)27)12-19(26)23-10-9-13-14(11-23)16(22)8-7-15(13)21/h3-8H,2,9-12H2,1H3. The monoisotopic (exact) mass is 371 g/mol. The molecule has 0 radical (unpaired) electrons. The first-order valence-electron chi connectivity index (χ1n) is 8.92. The minimum Gasteiger partial charge on any atom is -0.336 e. The minimum atomic E-state index is -0.511. The van der Waals surface area contributed by atoms with E-state index in [4.69, 9.17) is 0 Å². The highest BCUT2D eigenvalue weighted by Gasteiger charge is 2.26. The average Bonchev–Trinajstić information content (AvgIpc) is 2.95. The van der Waals surface area contributed by atoms with E-state index in [0.717, 1.165) is 17.6 Å². The molecule has 2 aromatic carbocycles. The predicted octanol–water partition coefficient (Wildman–Crippen LogP) is 2.69. The number of amides is 1. The molecule has 1 aromatic heterocycles. The van der Waals surface area contributed by atoms with Crippen LogP contribution in [0.2, 0.25) is 0 Å². The second-order valence-electron chi connectivity index (χ2n) is 6.65. The number of aromatic nitrogens is 2. The second-order valence-corrected chi connectivity index (χ2v) is 6.65. The fourth-order valence-electron chi connectivity index (χ4n) is 3.77. The molecule has 0 saturated carbocycles. The molecule has 2 heterocycles. The van der Waals surface area contributed by atoms with Gasteiger partial charge in [-0.05, 0) is 43.2 Å². The van der Waals surface area contributed by atoms with E-state index in [0.29, 0.717) is 24.2 Å². The summed E-state index contributed by atoms with van der Waals surface area (Å²) in [5.74, 6) is -1.24. The summed E-state index contributed by atoms with van der Waals surface area (Å²) in [4.78, 5) is 27.0. The van der Waals surface area contributed by atoms with Crippen molar-refractivity contribution >= 4 is 16.9 Å². The number of hydrogen-bond donors (Lipinski definition) is 0. The van der Waals surface area contributed by atoms with E-state index in [-0.39, 0.29) is 36.7 Å². The summed E-state index contributed by atoms with van der Waals surface area (Å²) in [6.07, 6.45) is 0.260. The number of aryl methyl sites for hydroxylation is 1. The molecule has 1 aliphatic rings. The van der Waals surface area contributed by atoms with Gasteiger partial charge in [-0.1, -0.05) is 12.1 Å². The number of fused-ring (bicyclic) bond motifs is 2. The van der Waals surface area contributed by atoms with E-state index in [2.05, 4.69) is 0 Å². The minimum absolute atomic E-state index is 0.0128. The molecule has 1 aliphatic heterocycles. The summed E-state index contributed by atoms with van der Waals surface area (Å²) >= 11 is 0. The summed E-state index contributed by atoms with van der Waals surface area (Å²) in [5.41, 5.74) is 1.76. The van der Waals surface area contributed by atoms with Crippen LogP contribution in [0.15, 0.2) is 41.2 Å². The van der Waals surface area contributed by atoms with Crippen LogP contribution < -0.4 is 5.69 Å². The van der Waals surface area contributed by atoms with Gasteiger partial charge in [0.05, 0.1) is 11.0 Å². The van der Waals surface area contributed by atoms with Gasteiger partial charge in [0.25, 0.3) is 0 Å². The molecule has 0 aliphatic carbocycles. The van der Waals surface area contributed by atoms with Gasteiger partial charge in [-0.15, -0.1) is 0 Å². The highest BCUT2D eigenvalue weighted by molar-refractivity contribution is 5.81. The first-order valence-corrected chi connectivity index (χ1v) is 8.92. The molecule has 0 unspecified atom stereocenters. The molecular formula is C20H19F2N3O2. The highest BCUT2D eigenvalue weighted by Crippen LogP contribution is 2.25. The van der Waals surface area contributed by atoms with Crippen LogP contribution in [0.4, 0.5) is 8.78 Å². The fourth-order valence-corrected chi connectivity index (χ4v) is 3.77. The number of carbonyl (C=O) groups excluding carboxylic acids is 1. The molecular weight excluding hydrogens is 352 g/mol. The number of rotatable bonds is 3. The second kappa shape index (κ2) is 6.64. The Bertz CT molecular complexity index is 1100. The first kappa shape index (κ1) is 17.5. The average molecular weight is 371 g/mol. The first-order chi connectivity index (χ1) is 13.0. The third-order valence-corrected chi connectivity index (χ3v) is 5.18. The Hall–Kier alpha value is -2.96. The van der Waals surface area contributed by atoms with Crippen LogP contribution >= 0.6 is 0 Å². The maximum absolute atomic E-state index is 14.1. The number of para-hydroxylation sites is 2. The number of benzene rings is 2. The smallest absolute Gasteiger partial charge is 0.329 e. The Morgan fingerprint density at radius 1 is 1.00 bits per heavy atom. The summed E-state index contributed by atoms with van der Waals surface area (Å²) in [7, 11) is 0. The molecule has 0 spiro atoms. The SMILES string of the molecule is CCn1c(=O)n(CC(=O)N2CCc3c(F)ccc(F)c3C2)c2ccccc21. The molecule has 4 rings (SSSR count). The molecule has 0 bridgehead atoms. The van der Waals surface area contributed by atoms with Gasteiger partial charge >= 0.3 is 5.69 Å². The Morgan fingerprint density at radius 3 is 2.30 bits per heavy atom. The Morgan fingerprint density at radius 2 is 1.63 bits per heavy atom. The van der Waals surface area contributed by atoms with Gasteiger partial charge in [-0.2, -0.15) is 0 Å². The topological polar surface area (TPSA) is 47.2 Å². The van der Waals surface area contributed by atoms with Gasteiger partial charge < -0.3 is 4.90 Å². The van der Waals surface area contributed by atoms with Crippen molar-refractivity contribution in [3.05, 3.63) is 69.6 Å². The van der Waals surface area contributed by atoms with Crippen LogP contribution in [0.1, 0.15) is 18.1 Å². The van der Waals surface area contributed by atoms with Crippen LogP contribution in [0.25, 0.3) is 11.0 Å². The normalized spacial score (nSPS) is 13.8. The summed E-state index contributed by atoms with van der Waals surface area (Å²) in [6, 6.07) is 9.51. The molecule has 140 valence electrons. The third-order valence-electron chi connectivity index (χ3n) is 5.18. The molecule has 1 amide bonds. The van der Waals surface area contributed by atoms with Crippen molar-refractivity contribution in [3.63, 3.8) is 0 Å². The van der Waals surface area contributed by atoms with E-state index in [1.165, 1.54) is 9.47 Å². The van der Waals surface area contributed by atoms with Gasteiger partial charge in [-0.3, -0.25) is 13.9 Å². The number of nitrogens with zero attached hydrogens (tertiary/aromatic N) is 3. The zero-order chi connectivity index (χ0) is 19.1. The quantitative estimate of drug-likeness (QED) is 0.711. The van der Waals surface area contributed by atoms with Crippen molar-refractivity contribution < 1.29 is 13.6 Å². The molecule has 0 N–H and O–H groups in total. The summed E-state index contributed by atoms with van der Waals surface area (Å²) in [5, 5.41) is 0. The van der Waals surface area contributed by atoms with E-state index in [1.807, 2.05) is 25.1 Å². The number of imidazole rings is 1. The van der Waals surface area contributed by atoms with Crippen LogP contribution in [0, 0.1) is 11.6 Å². The molecule has 0 saturated heterocycles. The van der Waals surface area contributed by atoms with Gasteiger partial charge in [0.1, 0.15) is 18.2 Å². The van der Waals surface area contributed by atoms with Crippen molar-refractivity contribution in [2.75, 3.05) is 6.54 Å². The Kier molecular flexibility index (Phi) is 4.30. The molecule has 7 heteroatoms. The van der Waals surface area contributed by atoms with E-state index in [9.17, 15) is 18.4 Å². The lowest BCUT2D eigenvalue weighted by Crippen LogP contribution is -2.40. The van der Waals surface area contributed by atoms with E-state index in [1.54, 1.807) is 10.6 Å². The van der Waals surface area contributed by atoms with Crippen LogP contribution in [0.5, 0.6) is 0 Å². The van der Waals surface area contributed by atoms with Crippen molar-refractivity contribution in [2.24, 2.45) is 0 Å². The van der Waals surface area contributed by atoms with Crippen LogP contribution in [-0.2, 0) is 30.8 Å². The molecule has 3 aromatic rings.